The van der Waals surface area contributed by atoms with E-state index in [9.17, 15) is 10.1 Å². The molecule has 6 nitrogen and oxygen atoms in total. The Kier molecular flexibility index (Phi) is 4.55. The summed E-state index contributed by atoms with van der Waals surface area (Å²) < 4.78 is 5.40. The third-order valence-electron chi connectivity index (χ3n) is 3.76. The Labute approximate surface area is 112 Å². The van der Waals surface area contributed by atoms with Crippen LogP contribution in [0, 0.1) is 16.0 Å². The highest BCUT2D eigenvalue weighted by Crippen LogP contribution is 2.37. The number of piperidine rings is 1. The standard InChI is InChI=1S/C13H21N3O3/c1-2-7-15-8-3-4-10(9-14)13(15)11-5-6-12(19-11)16(17)18/h5-6,10,13H,2-4,7-9,14H2,1H3. The zero-order chi connectivity index (χ0) is 13.8. The van der Waals surface area contributed by atoms with Crippen LogP contribution in [0.5, 0.6) is 0 Å². The van der Waals surface area contributed by atoms with Gasteiger partial charge in [-0.2, -0.15) is 0 Å². The average molecular weight is 267 g/mol. The lowest BCUT2D eigenvalue weighted by Crippen LogP contribution is -2.41. The molecule has 2 N–H and O–H groups in total. The van der Waals surface area contributed by atoms with Crippen molar-refractivity contribution in [2.24, 2.45) is 11.7 Å². The Bertz CT molecular complexity index is 431. The van der Waals surface area contributed by atoms with Crippen LogP contribution in [0.2, 0.25) is 0 Å². The lowest BCUT2D eigenvalue weighted by atomic mass is 9.87. The summed E-state index contributed by atoms with van der Waals surface area (Å²) in [6.07, 6.45) is 3.23. The van der Waals surface area contributed by atoms with E-state index in [1.807, 2.05) is 0 Å². The van der Waals surface area contributed by atoms with E-state index in [4.69, 9.17) is 10.2 Å². The van der Waals surface area contributed by atoms with Gasteiger partial charge in [-0.15, -0.1) is 0 Å². The second-order valence-corrected chi connectivity index (χ2v) is 5.05. The molecule has 1 saturated heterocycles. The van der Waals surface area contributed by atoms with E-state index in [0.29, 0.717) is 18.2 Å². The van der Waals surface area contributed by atoms with Crippen molar-refractivity contribution in [1.82, 2.24) is 4.90 Å². The van der Waals surface area contributed by atoms with Crippen LogP contribution < -0.4 is 5.73 Å². The predicted octanol–water partition coefficient (Wildman–Crippen LogP) is 2.31. The maximum absolute atomic E-state index is 10.7. The number of nitrogens with two attached hydrogens (primary N) is 1. The SMILES string of the molecule is CCCN1CCCC(CN)C1c1ccc([N+](=O)[O-])o1. The van der Waals surface area contributed by atoms with Crippen molar-refractivity contribution < 1.29 is 9.34 Å². The molecule has 1 fully saturated rings. The zero-order valence-electron chi connectivity index (χ0n) is 11.2. The van der Waals surface area contributed by atoms with Crippen molar-refractivity contribution >= 4 is 5.88 Å². The number of hydrogen-bond donors (Lipinski definition) is 1. The molecule has 1 aliphatic rings. The van der Waals surface area contributed by atoms with Gasteiger partial charge in [0.15, 0.2) is 0 Å². The summed E-state index contributed by atoms with van der Waals surface area (Å²) >= 11 is 0. The summed E-state index contributed by atoms with van der Waals surface area (Å²) in [4.78, 5) is 12.6. The van der Waals surface area contributed by atoms with Crippen molar-refractivity contribution in [3.8, 4) is 0 Å². The van der Waals surface area contributed by atoms with Crippen molar-refractivity contribution in [2.45, 2.75) is 32.2 Å². The molecule has 106 valence electrons. The highest BCUT2D eigenvalue weighted by molar-refractivity contribution is 5.21. The van der Waals surface area contributed by atoms with Gasteiger partial charge in [0.1, 0.15) is 10.7 Å². The predicted molar refractivity (Wildman–Crippen MR) is 71.7 cm³/mol. The van der Waals surface area contributed by atoms with E-state index >= 15 is 0 Å². The second-order valence-electron chi connectivity index (χ2n) is 5.05. The third-order valence-corrected chi connectivity index (χ3v) is 3.76. The monoisotopic (exact) mass is 267 g/mol. The van der Waals surface area contributed by atoms with Crippen LogP contribution in [0.25, 0.3) is 0 Å². The summed E-state index contributed by atoms with van der Waals surface area (Å²) in [6.45, 7) is 4.69. The summed E-state index contributed by atoms with van der Waals surface area (Å²) in [6, 6.07) is 3.23. The van der Waals surface area contributed by atoms with Crippen LogP contribution in [0.1, 0.15) is 38.0 Å². The Morgan fingerprint density at radius 3 is 2.95 bits per heavy atom. The van der Waals surface area contributed by atoms with Crippen LogP contribution >= 0.6 is 0 Å². The van der Waals surface area contributed by atoms with Gasteiger partial charge >= 0.3 is 5.88 Å². The van der Waals surface area contributed by atoms with Gasteiger partial charge in [0, 0.05) is 0 Å². The fourth-order valence-electron chi connectivity index (χ4n) is 2.95. The van der Waals surface area contributed by atoms with Gasteiger partial charge in [0.2, 0.25) is 0 Å². The smallest absolute Gasteiger partial charge is 0.404 e. The quantitative estimate of drug-likeness (QED) is 0.653. The maximum atomic E-state index is 10.7. The number of furan rings is 1. The molecule has 2 rings (SSSR count). The fourth-order valence-corrected chi connectivity index (χ4v) is 2.95. The summed E-state index contributed by atoms with van der Waals surface area (Å²) in [5, 5.41) is 10.7. The van der Waals surface area contributed by atoms with E-state index in [-0.39, 0.29) is 11.9 Å². The Balaban J connectivity index is 2.25. The molecule has 6 heteroatoms. The number of likely N-dealkylation sites (tertiary alicyclic amines) is 1. The molecule has 1 aromatic heterocycles. The first-order chi connectivity index (χ1) is 9.17. The number of nitro groups is 1. The lowest BCUT2D eigenvalue weighted by molar-refractivity contribution is -0.402. The van der Waals surface area contributed by atoms with Gasteiger partial charge in [0.05, 0.1) is 12.1 Å². The van der Waals surface area contributed by atoms with E-state index in [1.165, 1.54) is 6.07 Å². The second kappa shape index (κ2) is 6.16. The van der Waals surface area contributed by atoms with E-state index in [2.05, 4.69) is 11.8 Å². The molecule has 1 aliphatic heterocycles. The first-order valence-corrected chi connectivity index (χ1v) is 6.85. The van der Waals surface area contributed by atoms with E-state index in [1.54, 1.807) is 6.07 Å². The minimum absolute atomic E-state index is 0.0763. The van der Waals surface area contributed by atoms with Crippen LogP contribution in [-0.4, -0.2) is 29.5 Å². The molecule has 0 radical (unpaired) electrons. The molecular weight excluding hydrogens is 246 g/mol. The molecule has 0 saturated carbocycles. The molecule has 2 unspecified atom stereocenters. The molecule has 19 heavy (non-hydrogen) atoms. The lowest BCUT2D eigenvalue weighted by Gasteiger charge is -2.39. The highest BCUT2D eigenvalue weighted by Gasteiger charge is 2.34. The normalized spacial score (nSPS) is 24.5. The van der Waals surface area contributed by atoms with Crippen molar-refractivity contribution in [1.29, 1.82) is 0 Å². The van der Waals surface area contributed by atoms with Gasteiger partial charge in [0.25, 0.3) is 0 Å². The first-order valence-electron chi connectivity index (χ1n) is 6.85. The molecule has 0 aromatic carbocycles. The van der Waals surface area contributed by atoms with Gasteiger partial charge in [-0.1, -0.05) is 6.92 Å². The Hall–Kier alpha value is -1.40. The van der Waals surface area contributed by atoms with Gasteiger partial charge in [-0.05, 0) is 50.9 Å². The van der Waals surface area contributed by atoms with Crippen LogP contribution in [-0.2, 0) is 0 Å². The maximum Gasteiger partial charge on any atom is 0.433 e. The topological polar surface area (TPSA) is 85.5 Å². The van der Waals surface area contributed by atoms with E-state index in [0.717, 1.165) is 32.4 Å². The molecule has 0 spiro atoms. The zero-order valence-corrected chi connectivity index (χ0v) is 11.2. The summed E-state index contributed by atoms with van der Waals surface area (Å²) in [7, 11) is 0. The molecule has 2 atom stereocenters. The average Bonchev–Trinajstić information content (AvgIpc) is 2.88. The highest BCUT2D eigenvalue weighted by atomic mass is 16.6. The molecule has 0 bridgehead atoms. The van der Waals surface area contributed by atoms with Crippen LogP contribution in [0.4, 0.5) is 5.88 Å². The minimum atomic E-state index is -0.492. The van der Waals surface area contributed by atoms with Crippen molar-refractivity contribution in [2.75, 3.05) is 19.6 Å². The van der Waals surface area contributed by atoms with E-state index < -0.39 is 4.92 Å². The molecule has 1 aromatic rings. The molecular formula is C13H21N3O3. The van der Waals surface area contributed by atoms with Gasteiger partial charge < -0.3 is 10.2 Å². The summed E-state index contributed by atoms with van der Waals surface area (Å²) in [5.74, 6) is 0.800. The molecule has 0 amide bonds. The largest absolute Gasteiger partial charge is 0.433 e. The summed E-state index contributed by atoms with van der Waals surface area (Å²) in [5.41, 5.74) is 5.85. The van der Waals surface area contributed by atoms with Gasteiger partial charge in [-0.3, -0.25) is 15.0 Å². The first kappa shape index (κ1) is 14.0. The third kappa shape index (κ3) is 2.96. The number of rotatable bonds is 5. The van der Waals surface area contributed by atoms with Crippen LogP contribution in [0.15, 0.2) is 16.5 Å². The molecule has 2 heterocycles. The Morgan fingerprint density at radius 2 is 2.37 bits per heavy atom. The number of hydrogen-bond acceptors (Lipinski definition) is 5. The van der Waals surface area contributed by atoms with Crippen molar-refractivity contribution in [3.05, 3.63) is 28.0 Å². The number of nitrogens with zero attached hydrogens (tertiary/aromatic N) is 2. The fraction of sp³-hybridized carbons (Fsp3) is 0.692. The molecule has 0 aliphatic carbocycles. The van der Waals surface area contributed by atoms with Crippen molar-refractivity contribution in [3.63, 3.8) is 0 Å². The van der Waals surface area contributed by atoms with Gasteiger partial charge in [-0.25, -0.2) is 0 Å². The minimum Gasteiger partial charge on any atom is -0.404 e. The Morgan fingerprint density at radius 1 is 1.58 bits per heavy atom. The van der Waals surface area contributed by atoms with Crippen LogP contribution in [0.3, 0.4) is 0 Å².